The fourth-order valence-electron chi connectivity index (χ4n) is 2.65. The second-order valence-corrected chi connectivity index (χ2v) is 5.31. The molecule has 1 aliphatic rings. The third-order valence-electron chi connectivity index (χ3n) is 3.70. The van der Waals surface area contributed by atoms with Crippen molar-refractivity contribution < 1.29 is 4.48 Å². The Morgan fingerprint density at radius 3 is 2.21 bits per heavy atom. The lowest BCUT2D eigenvalue weighted by atomic mass is 10.2. The average molecular weight is 199 g/mol. The third kappa shape index (κ3) is 2.48. The molecule has 1 atom stereocenters. The molecule has 0 aromatic carbocycles. The van der Waals surface area contributed by atoms with Crippen LogP contribution in [0.2, 0.25) is 0 Å². The Kier molecular flexibility index (Phi) is 3.96. The maximum atomic E-state index is 2.66. The van der Waals surface area contributed by atoms with Crippen LogP contribution in [0, 0.1) is 5.92 Å². The van der Waals surface area contributed by atoms with Crippen LogP contribution >= 0.6 is 0 Å². The van der Waals surface area contributed by atoms with Gasteiger partial charge in [0.25, 0.3) is 0 Å². The molecule has 2 heteroatoms. The molecule has 0 aromatic heterocycles. The predicted molar refractivity (Wildman–Crippen MR) is 62.1 cm³/mol. The Labute approximate surface area is 89.5 Å². The van der Waals surface area contributed by atoms with Gasteiger partial charge in [-0.05, 0) is 26.7 Å². The molecule has 84 valence electrons. The van der Waals surface area contributed by atoms with Crippen LogP contribution in [0.5, 0.6) is 0 Å². The Balaban J connectivity index is 2.58. The Morgan fingerprint density at radius 2 is 1.86 bits per heavy atom. The van der Waals surface area contributed by atoms with E-state index in [1.54, 1.807) is 0 Å². The summed E-state index contributed by atoms with van der Waals surface area (Å²) in [5.74, 6) is 0.797. The monoisotopic (exact) mass is 199 g/mol. The van der Waals surface area contributed by atoms with Gasteiger partial charge in [0.2, 0.25) is 0 Å². The van der Waals surface area contributed by atoms with Crippen molar-refractivity contribution in [3.63, 3.8) is 0 Å². The Morgan fingerprint density at radius 1 is 1.29 bits per heavy atom. The zero-order valence-corrected chi connectivity index (χ0v) is 10.6. The molecular weight excluding hydrogens is 172 g/mol. The van der Waals surface area contributed by atoms with Crippen molar-refractivity contribution in [1.29, 1.82) is 0 Å². The second-order valence-electron chi connectivity index (χ2n) is 5.31. The first-order valence-electron chi connectivity index (χ1n) is 6.12. The van der Waals surface area contributed by atoms with E-state index in [0.717, 1.165) is 12.0 Å². The number of nitrogens with zero attached hydrogens (tertiary/aromatic N) is 2. The van der Waals surface area contributed by atoms with Gasteiger partial charge in [-0.25, -0.2) is 4.90 Å². The van der Waals surface area contributed by atoms with Gasteiger partial charge in [0.1, 0.15) is 6.67 Å². The summed E-state index contributed by atoms with van der Waals surface area (Å²) in [6.07, 6.45) is 0. The van der Waals surface area contributed by atoms with Crippen molar-refractivity contribution in [1.82, 2.24) is 4.90 Å². The van der Waals surface area contributed by atoms with Crippen molar-refractivity contribution in [3.8, 4) is 0 Å². The number of hydrogen-bond acceptors (Lipinski definition) is 1. The summed E-state index contributed by atoms with van der Waals surface area (Å²) in [6.45, 7) is 18.1. The van der Waals surface area contributed by atoms with E-state index in [2.05, 4.69) is 39.5 Å². The lowest BCUT2D eigenvalue weighted by Crippen LogP contribution is -2.47. The highest BCUT2D eigenvalue weighted by Crippen LogP contribution is 2.22. The molecule has 1 fully saturated rings. The number of hydrogen-bond donors (Lipinski definition) is 0. The van der Waals surface area contributed by atoms with Gasteiger partial charge in [-0.1, -0.05) is 13.8 Å². The molecule has 1 unspecified atom stereocenters. The minimum absolute atomic E-state index is 0.775. The van der Waals surface area contributed by atoms with E-state index in [9.17, 15) is 0 Å². The summed E-state index contributed by atoms with van der Waals surface area (Å²) in [4.78, 5) is 2.66. The minimum Gasteiger partial charge on any atom is -0.310 e. The van der Waals surface area contributed by atoms with Gasteiger partial charge >= 0.3 is 0 Å². The highest BCUT2D eigenvalue weighted by atomic mass is 15.5. The van der Waals surface area contributed by atoms with E-state index in [-0.39, 0.29) is 0 Å². The highest BCUT2D eigenvalue weighted by Gasteiger charge is 2.38. The van der Waals surface area contributed by atoms with Crippen LogP contribution in [-0.2, 0) is 0 Å². The molecule has 1 heterocycles. The fraction of sp³-hybridized carbons (Fsp3) is 1.00. The summed E-state index contributed by atoms with van der Waals surface area (Å²) in [5.41, 5.74) is 0. The van der Waals surface area contributed by atoms with Crippen molar-refractivity contribution in [2.45, 2.75) is 40.7 Å². The quantitative estimate of drug-likeness (QED) is 0.627. The smallest absolute Gasteiger partial charge is 0.135 e. The molecule has 0 bridgehead atoms. The number of likely N-dealkylation sites (N-methyl/N-ethyl adjacent to an activating group) is 1. The number of rotatable bonds is 4. The van der Waals surface area contributed by atoms with E-state index in [0.29, 0.717) is 0 Å². The van der Waals surface area contributed by atoms with Crippen LogP contribution in [-0.4, -0.2) is 48.3 Å². The first-order chi connectivity index (χ1) is 6.53. The summed E-state index contributed by atoms with van der Waals surface area (Å²) in [6, 6.07) is 0.775. The molecule has 1 saturated heterocycles. The molecule has 0 radical (unpaired) electrons. The molecule has 0 aromatic rings. The van der Waals surface area contributed by atoms with Crippen LogP contribution in [0.3, 0.4) is 0 Å². The van der Waals surface area contributed by atoms with Gasteiger partial charge in [0.05, 0.1) is 25.7 Å². The fourth-order valence-corrected chi connectivity index (χ4v) is 2.65. The van der Waals surface area contributed by atoms with E-state index in [1.165, 1.54) is 37.3 Å². The maximum Gasteiger partial charge on any atom is 0.135 e. The Hall–Kier alpha value is -0.0800. The van der Waals surface area contributed by atoms with Gasteiger partial charge in [-0.15, -0.1) is 0 Å². The first kappa shape index (κ1) is 12.0. The lowest BCUT2D eigenvalue weighted by Gasteiger charge is -2.31. The van der Waals surface area contributed by atoms with Crippen molar-refractivity contribution in [2.24, 2.45) is 5.92 Å². The molecule has 0 amide bonds. The van der Waals surface area contributed by atoms with E-state index in [1.807, 2.05) is 0 Å². The highest BCUT2D eigenvalue weighted by molar-refractivity contribution is 4.72. The predicted octanol–water partition coefficient (Wildman–Crippen LogP) is 2.16. The minimum atomic E-state index is 0.775. The topological polar surface area (TPSA) is 3.24 Å². The molecule has 14 heavy (non-hydrogen) atoms. The van der Waals surface area contributed by atoms with Gasteiger partial charge in [-0.3, -0.25) is 0 Å². The van der Waals surface area contributed by atoms with Crippen LogP contribution in [0.15, 0.2) is 0 Å². The van der Waals surface area contributed by atoms with Crippen molar-refractivity contribution in [3.05, 3.63) is 0 Å². The molecule has 0 N–H and O–H groups in total. The molecule has 0 saturated carbocycles. The zero-order valence-electron chi connectivity index (χ0n) is 10.6. The molecule has 2 nitrogen and oxygen atoms in total. The van der Waals surface area contributed by atoms with Crippen LogP contribution in [0.4, 0.5) is 0 Å². The largest absolute Gasteiger partial charge is 0.310 e. The molecule has 1 rings (SSSR count). The van der Waals surface area contributed by atoms with Gasteiger partial charge in [0.15, 0.2) is 0 Å². The van der Waals surface area contributed by atoms with Gasteiger partial charge < -0.3 is 4.48 Å². The van der Waals surface area contributed by atoms with Crippen molar-refractivity contribution in [2.75, 3.05) is 32.8 Å². The third-order valence-corrected chi connectivity index (χ3v) is 3.70. The zero-order chi connectivity index (χ0) is 10.8. The summed E-state index contributed by atoms with van der Waals surface area (Å²) >= 11 is 0. The van der Waals surface area contributed by atoms with Crippen LogP contribution in [0.1, 0.15) is 34.6 Å². The van der Waals surface area contributed by atoms with Gasteiger partial charge in [0, 0.05) is 6.54 Å². The summed E-state index contributed by atoms with van der Waals surface area (Å²) in [5, 5.41) is 0. The number of quaternary nitrogens is 1. The standard InChI is InChI=1S/C12H27N2/c1-6-14(7-2)9-12(5)13(10-14)8-11(3)4/h11-12H,6-10H2,1-5H3/q+1. The SMILES string of the molecule is CC[N+]1(CC)CC(C)N(CC(C)C)C1. The molecule has 0 aliphatic carbocycles. The lowest BCUT2D eigenvalue weighted by molar-refractivity contribution is -0.918. The molecule has 1 aliphatic heterocycles. The average Bonchev–Trinajstić information content (AvgIpc) is 2.44. The van der Waals surface area contributed by atoms with Crippen LogP contribution in [0.25, 0.3) is 0 Å². The maximum absolute atomic E-state index is 2.66. The van der Waals surface area contributed by atoms with Crippen molar-refractivity contribution >= 4 is 0 Å². The first-order valence-corrected chi connectivity index (χ1v) is 6.12. The molecule has 0 spiro atoms. The van der Waals surface area contributed by atoms with E-state index >= 15 is 0 Å². The van der Waals surface area contributed by atoms with Crippen LogP contribution < -0.4 is 0 Å². The normalized spacial score (nSPS) is 27.4. The van der Waals surface area contributed by atoms with E-state index < -0.39 is 0 Å². The Bertz CT molecular complexity index is 173. The second kappa shape index (κ2) is 4.63. The molecular formula is C12H27N2+. The summed E-state index contributed by atoms with van der Waals surface area (Å²) < 4.78 is 1.30. The van der Waals surface area contributed by atoms with Gasteiger partial charge in [-0.2, -0.15) is 0 Å². The summed E-state index contributed by atoms with van der Waals surface area (Å²) in [7, 11) is 0. The van der Waals surface area contributed by atoms with E-state index in [4.69, 9.17) is 0 Å².